The van der Waals surface area contributed by atoms with Crippen LogP contribution in [0.3, 0.4) is 0 Å². The standard InChI is InChI=1S/C18H29BrN2/c1-4-18(15-8-10-16(19)11-9-15)21(14(2)3)13-17-7-5-6-12-20-17/h8-11,14,17-18,20H,4-7,12-13H2,1-3H3. The van der Waals surface area contributed by atoms with Crippen molar-refractivity contribution < 1.29 is 0 Å². The first kappa shape index (κ1) is 17.0. The van der Waals surface area contributed by atoms with Gasteiger partial charge in [-0.05, 0) is 57.4 Å². The summed E-state index contributed by atoms with van der Waals surface area (Å²) in [5.41, 5.74) is 1.44. The minimum absolute atomic E-state index is 0.516. The summed E-state index contributed by atoms with van der Waals surface area (Å²) in [7, 11) is 0. The summed E-state index contributed by atoms with van der Waals surface area (Å²) < 4.78 is 1.16. The number of halogens is 1. The van der Waals surface area contributed by atoms with Gasteiger partial charge in [0.05, 0.1) is 0 Å². The molecule has 3 heteroatoms. The summed E-state index contributed by atoms with van der Waals surface area (Å²) in [5.74, 6) is 0. The van der Waals surface area contributed by atoms with Gasteiger partial charge in [-0.25, -0.2) is 0 Å². The molecule has 1 N–H and O–H groups in total. The topological polar surface area (TPSA) is 15.3 Å². The van der Waals surface area contributed by atoms with E-state index < -0.39 is 0 Å². The molecule has 0 amide bonds. The Bertz CT molecular complexity index is 410. The number of piperidine rings is 1. The van der Waals surface area contributed by atoms with Crippen molar-refractivity contribution in [1.29, 1.82) is 0 Å². The molecule has 21 heavy (non-hydrogen) atoms. The highest BCUT2D eigenvalue weighted by Crippen LogP contribution is 2.28. The first-order valence-electron chi connectivity index (χ1n) is 8.36. The van der Waals surface area contributed by atoms with Crippen molar-refractivity contribution >= 4 is 15.9 Å². The van der Waals surface area contributed by atoms with Gasteiger partial charge in [0.15, 0.2) is 0 Å². The third kappa shape index (κ3) is 4.80. The normalized spacial score (nSPS) is 21.0. The maximum Gasteiger partial charge on any atom is 0.0348 e. The molecule has 2 nitrogen and oxygen atoms in total. The Morgan fingerprint density at radius 2 is 1.95 bits per heavy atom. The van der Waals surface area contributed by atoms with Crippen LogP contribution in [0.5, 0.6) is 0 Å². The number of hydrogen-bond acceptors (Lipinski definition) is 2. The van der Waals surface area contributed by atoms with Gasteiger partial charge >= 0.3 is 0 Å². The molecule has 1 fully saturated rings. The molecule has 1 heterocycles. The molecule has 0 spiro atoms. The Labute approximate surface area is 138 Å². The van der Waals surface area contributed by atoms with Crippen molar-refractivity contribution in [3.05, 3.63) is 34.3 Å². The van der Waals surface area contributed by atoms with Gasteiger partial charge < -0.3 is 5.32 Å². The molecule has 118 valence electrons. The predicted molar refractivity (Wildman–Crippen MR) is 94.7 cm³/mol. The minimum atomic E-state index is 0.516. The fourth-order valence-electron chi connectivity index (χ4n) is 3.38. The van der Waals surface area contributed by atoms with Gasteiger partial charge in [0.25, 0.3) is 0 Å². The number of benzene rings is 1. The van der Waals surface area contributed by atoms with Crippen LogP contribution < -0.4 is 5.32 Å². The second-order valence-electron chi connectivity index (χ2n) is 6.41. The van der Waals surface area contributed by atoms with E-state index in [1.54, 1.807) is 0 Å². The van der Waals surface area contributed by atoms with E-state index >= 15 is 0 Å². The molecular formula is C18H29BrN2. The van der Waals surface area contributed by atoms with Crippen LogP contribution in [0.4, 0.5) is 0 Å². The smallest absolute Gasteiger partial charge is 0.0348 e. The highest BCUT2D eigenvalue weighted by molar-refractivity contribution is 9.10. The SMILES string of the molecule is CCC(c1ccc(Br)cc1)N(CC1CCCCN1)C(C)C. The average Bonchev–Trinajstić information content (AvgIpc) is 2.49. The second kappa shape index (κ2) is 8.30. The number of rotatable bonds is 6. The van der Waals surface area contributed by atoms with Gasteiger partial charge in [-0.1, -0.05) is 41.4 Å². The molecule has 1 aromatic carbocycles. The van der Waals surface area contributed by atoms with Gasteiger partial charge in [-0.2, -0.15) is 0 Å². The highest BCUT2D eigenvalue weighted by atomic mass is 79.9. The third-order valence-electron chi connectivity index (χ3n) is 4.55. The Morgan fingerprint density at radius 3 is 2.48 bits per heavy atom. The quantitative estimate of drug-likeness (QED) is 0.794. The maximum absolute atomic E-state index is 3.69. The van der Waals surface area contributed by atoms with Crippen LogP contribution in [0.2, 0.25) is 0 Å². The average molecular weight is 353 g/mol. The van der Waals surface area contributed by atoms with Crippen molar-refractivity contribution in [2.75, 3.05) is 13.1 Å². The fraction of sp³-hybridized carbons (Fsp3) is 0.667. The van der Waals surface area contributed by atoms with Crippen LogP contribution in [-0.4, -0.2) is 30.1 Å². The summed E-state index contributed by atoms with van der Waals surface area (Å²) in [6, 6.07) is 10.6. The van der Waals surface area contributed by atoms with Gasteiger partial charge in [0.1, 0.15) is 0 Å². The lowest BCUT2D eigenvalue weighted by Crippen LogP contribution is -2.47. The summed E-state index contributed by atoms with van der Waals surface area (Å²) in [5, 5.41) is 3.69. The molecule has 0 aromatic heterocycles. The van der Waals surface area contributed by atoms with E-state index in [1.165, 1.54) is 31.4 Å². The van der Waals surface area contributed by atoms with Crippen molar-refractivity contribution in [3.63, 3.8) is 0 Å². The van der Waals surface area contributed by atoms with Gasteiger partial charge in [0.2, 0.25) is 0 Å². The molecule has 0 aliphatic carbocycles. The third-order valence-corrected chi connectivity index (χ3v) is 5.08. The molecule has 2 rings (SSSR count). The minimum Gasteiger partial charge on any atom is -0.313 e. The van der Waals surface area contributed by atoms with Crippen LogP contribution in [-0.2, 0) is 0 Å². The summed E-state index contributed by atoms with van der Waals surface area (Å²) in [6.07, 6.45) is 5.19. The first-order chi connectivity index (χ1) is 10.1. The van der Waals surface area contributed by atoms with Crippen LogP contribution >= 0.6 is 15.9 Å². The lowest BCUT2D eigenvalue weighted by atomic mass is 9.98. The highest BCUT2D eigenvalue weighted by Gasteiger charge is 2.25. The Morgan fingerprint density at radius 1 is 1.24 bits per heavy atom. The largest absolute Gasteiger partial charge is 0.313 e. The van der Waals surface area contributed by atoms with E-state index in [9.17, 15) is 0 Å². The first-order valence-corrected chi connectivity index (χ1v) is 9.15. The Kier molecular flexibility index (Phi) is 6.72. The van der Waals surface area contributed by atoms with Crippen molar-refractivity contribution in [2.24, 2.45) is 0 Å². The van der Waals surface area contributed by atoms with Crippen molar-refractivity contribution in [1.82, 2.24) is 10.2 Å². The molecule has 2 atom stereocenters. The molecule has 0 radical (unpaired) electrons. The van der Waals surface area contributed by atoms with Crippen molar-refractivity contribution in [3.8, 4) is 0 Å². The van der Waals surface area contributed by atoms with Crippen LogP contribution in [0, 0.1) is 0 Å². The van der Waals surface area contributed by atoms with E-state index in [0.29, 0.717) is 18.1 Å². The predicted octanol–water partition coefficient (Wildman–Crippen LogP) is 4.75. The number of nitrogens with zero attached hydrogens (tertiary/aromatic N) is 1. The molecule has 1 saturated heterocycles. The zero-order valence-corrected chi connectivity index (χ0v) is 15.2. The molecule has 0 saturated carbocycles. The number of nitrogens with one attached hydrogen (secondary N) is 1. The molecule has 1 aliphatic rings. The zero-order valence-electron chi connectivity index (χ0n) is 13.6. The molecule has 1 aromatic rings. The van der Waals surface area contributed by atoms with E-state index in [4.69, 9.17) is 0 Å². The van der Waals surface area contributed by atoms with Crippen LogP contribution in [0.15, 0.2) is 28.7 Å². The summed E-state index contributed by atoms with van der Waals surface area (Å²) in [6.45, 7) is 9.29. The molecular weight excluding hydrogens is 324 g/mol. The lowest BCUT2D eigenvalue weighted by Gasteiger charge is -2.38. The van der Waals surface area contributed by atoms with Crippen molar-refractivity contribution in [2.45, 2.75) is 64.6 Å². The molecule has 2 unspecified atom stereocenters. The van der Waals surface area contributed by atoms with Gasteiger partial charge in [0, 0.05) is 29.1 Å². The summed E-state index contributed by atoms with van der Waals surface area (Å²) in [4.78, 5) is 2.67. The monoisotopic (exact) mass is 352 g/mol. The maximum atomic E-state index is 3.69. The number of hydrogen-bond donors (Lipinski definition) is 1. The van der Waals surface area contributed by atoms with E-state index in [2.05, 4.69) is 71.2 Å². The van der Waals surface area contributed by atoms with E-state index in [-0.39, 0.29) is 0 Å². The van der Waals surface area contributed by atoms with E-state index in [0.717, 1.165) is 17.4 Å². The molecule has 0 bridgehead atoms. The van der Waals surface area contributed by atoms with Crippen LogP contribution in [0.1, 0.15) is 58.1 Å². The fourth-order valence-corrected chi connectivity index (χ4v) is 3.64. The Hall–Kier alpha value is -0.380. The summed E-state index contributed by atoms with van der Waals surface area (Å²) >= 11 is 3.54. The van der Waals surface area contributed by atoms with E-state index in [1.807, 2.05) is 0 Å². The van der Waals surface area contributed by atoms with Gasteiger partial charge in [-0.3, -0.25) is 4.90 Å². The zero-order chi connectivity index (χ0) is 15.2. The second-order valence-corrected chi connectivity index (χ2v) is 7.33. The Balaban J connectivity index is 2.11. The van der Waals surface area contributed by atoms with Gasteiger partial charge in [-0.15, -0.1) is 0 Å². The van der Waals surface area contributed by atoms with Crippen LogP contribution in [0.25, 0.3) is 0 Å². The molecule has 1 aliphatic heterocycles. The lowest BCUT2D eigenvalue weighted by molar-refractivity contribution is 0.125.